The molecular weight excluding hydrogens is 322 g/mol. The van der Waals surface area contributed by atoms with E-state index in [9.17, 15) is 9.59 Å². The Morgan fingerprint density at radius 1 is 1.36 bits per heavy atom. The van der Waals surface area contributed by atoms with Gasteiger partial charge in [-0.15, -0.1) is 0 Å². The number of rotatable bonds is 7. The number of carbonyl (C=O) groups excluding carboxylic acids is 1. The molecule has 1 aliphatic heterocycles. The minimum atomic E-state index is -0.808. The second-order valence-electron chi connectivity index (χ2n) is 6.68. The molecule has 1 saturated heterocycles. The van der Waals surface area contributed by atoms with Crippen LogP contribution in [0.3, 0.4) is 0 Å². The number of hydrogen-bond acceptors (Lipinski definition) is 6. The van der Waals surface area contributed by atoms with Gasteiger partial charge in [0.05, 0.1) is 18.5 Å². The van der Waals surface area contributed by atoms with Gasteiger partial charge in [0.15, 0.2) is 0 Å². The van der Waals surface area contributed by atoms with Gasteiger partial charge in [-0.2, -0.15) is 0 Å². The highest BCUT2D eigenvalue weighted by molar-refractivity contribution is 5.80. The fourth-order valence-electron chi connectivity index (χ4n) is 3.61. The smallest absolute Gasteiger partial charge is 0.317 e. The summed E-state index contributed by atoms with van der Waals surface area (Å²) in [6.07, 6.45) is 5.06. The summed E-state index contributed by atoms with van der Waals surface area (Å²) in [6, 6.07) is 4.12. The van der Waals surface area contributed by atoms with Crippen molar-refractivity contribution in [2.24, 2.45) is 5.92 Å². The van der Waals surface area contributed by atoms with Gasteiger partial charge in [-0.05, 0) is 37.1 Å². The van der Waals surface area contributed by atoms with E-state index in [4.69, 9.17) is 5.11 Å². The average Bonchev–Trinajstić information content (AvgIpc) is 3.06. The van der Waals surface area contributed by atoms with Crippen molar-refractivity contribution < 1.29 is 14.7 Å². The first kappa shape index (κ1) is 17.8. The number of hydrogen-bond donors (Lipinski definition) is 4. The van der Waals surface area contributed by atoms with Crippen LogP contribution in [0.25, 0.3) is 0 Å². The third-order valence-corrected chi connectivity index (χ3v) is 5.10. The van der Waals surface area contributed by atoms with Crippen LogP contribution in [-0.4, -0.2) is 58.6 Å². The molecule has 1 aromatic heterocycles. The Kier molecular flexibility index (Phi) is 5.62. The van der Waals surface area contributed by atoms with E-state index in [0.29, 0.717) is 13.1 Å². The number of aromatic nitrogens is 1. The predicted octanol–water partition coefficient (Wildman–Crippen LogP) is -0.0996. The van der Waals surface area contributed by atoms with Crippen LogP contribution < -0.4 is 16.2 Å². The second kappa shape index (κ2) is 7.90. The number of amides is 1. The van der Waals surface area contributed by atoms with Gasteiger partial charge in [-0.25, -0.2) is 5.43 Å². The van der Waals surface area contributed by atoms with E-state index in [1.54, 1.807) is 12.4 Å². The third kappa shape index (κ3) is 4.15. The molecule has 0 radical (unpaired) electrons. The van der Waals surface area contributed by atoms with E-state index < -0.39 is 5.97 Å². The molecule has 2 unspecified atom stereocenters. The maximum atomic E-state index is 12.6. The van der Waals surface area contributed by atoms with Crippen molar-refractivity contribution in [3.05, 3.63) is 30.1 Å². The highest BCUT2D eigenvalue weighted by atomic mass is 16.4. The molecular formula is C17H25N5O3. The van der Waals surface area contributed by atoms with Crippen LogP contribution in [0, 0.1) is 5.92 Å². The molecule has 25 heavy (non-hydrogen) atoms. The van der Waals surface area contributed by atoms with Gasteiger partial charge in [-0.1, -0.05) is 6.92 Å². The number of carboxylic acids is 1. The molecule has 2 aliphatic rings. The number of nitrogens with zero attached hydrogens (tertiary/aromatic N) is 2. The van der Waals surface area contributed by atoms with Crippen molar-refractivity contribution in [1.82, 2.24) is 26.1 Å². The minimum absolute atomic E-state index is 0.0315. The maximum absolute atomic E-state index is 12.6. The van der Waals surface area contributed by atoms with Gasteiger partial charge in [-0.3, -0.25) is 24.9 Å². The van der Waals surface area contributed by atoms with E-state index >= 15 is 0 Å². The van der Waals surface area contributed by atoms with Gasteiger partial charge < -0.3 is 10.4 Å². The van der Waals surface area contributed by atoms with E-state index in [-0.39, 0.29) is 36.5 Å². The van der Waals surface area contributed by atoms with Gasteiger partial charge in [0.1, 0.15) is 0 Å². The van der Waals surface area contributed by atoms with Crippen molar-refractivity contribution >= 4 is 11.9 Å². The predicted molar refractivity (Wildman–Crippen MR) is 91.4 cm³/mol. The summed E-state index contributed by atoms with van der Waals surface area (Å²) in [6.45, 7) is 3.31. The Hall–Kier alpha value is -2.03. The molecule has 2 heterocycles. The van der Waals surface area contributed by atoms with Crippen LogP contribution in [0.15, 0.2) is 24.5 Å². The number of pyridine rings is 1. The zero-order chi connectivity index (χ0) is 17.8. The van der Waals surface area contributed by atoms with Gasteiger partial charge in [0.2, 0.25) is 5.91 Å². The van der Waals surface area contributed by atoms with E-state index in [1.165, 1.54) is 0 Å². The van der Waals surface area contributed by atoms with Gasteiger partial charge in [0, 0.05) is 31.0 Å². The largest absolute Gasteiger partial charge is 0.480 e. The molecule has 8 heteroatoms. The quantitative estimate of drug-likeness (QED) is 0.546. The second-order valence-corrected chi connectivity index (χ2v) is 6.68. The number of likely N-dealkylation sites (N-methyl/N-ethyl adjacent to an activating group) is 1. The summed E-state index contributed by atoms with van der Waals surface area (Å²) in [5.41, 5.74) is 7.26. The van der Waals surface area contributed by atoms with E-state index in [2.05, 4.69) is 21.2 Å². The summed E-state index contributed by atoms with van der Waals surface area (Å²) < 4.78 is 0. The molecule has 1 amide bonds. The molecule has 136 valence electrons. The Balaban J connectivity index is 1.51. The van der Waals surface area contributed by atoms with Crippen LogP contribution in [0.2, 0.25) is 0 Å². The van der Waals surface area contributed by atoms with Crippen molar-refractivity contribution in [2.75, 3.05) is 19.6 Å². The lowest BCUT2D eigenvalue weighted by atomic mass is 9.84. The summed E-state index contributed by atoms with van der Waals surface area (Å²) in [7, 11) is 0. The molecule has 1 aromatic rings. The number of carboxylic acid groups (broad SMARTS) is 1. The van der Waals surface area contributed by atoms with Crippen LogP contribution in [0.1, 0.15) is 31.4 Å². The van der Waals surface area contributed by atoms with Crippen LogP contribution in [-0.2, 0) is 9.59 Å². The zero-order valence-electron chi connectivity index (χ0n) is 14.3. The highest BCUT2D eigenvalue weighted by Gasteiger charge is 2.39. The van der Waals surface area contributed by atoms with Crippen molar-refractivity contribution in [2.45, 2.75) is 37.9 Å². The monoisotopic (exact) mass is 347 g/mol. The number of nitrogens with one attached hydrogen (secondary N) is 3. The number of aliphatic carboxylic acids is 1. The lowest BCUT2D eigenvalue weighted by Crippen LogP contribution is -2.56. The molecule has 8 nitrogen and oxygen atoms in total. The first-order valence-electron chi connectivity index (χ1n) is 8.73. The first-order valence-corrected chi connectivity index (χ1v) is 8.73. The topological polar surface area (TPSA) is 107 Å². The summed E-state index contributed by atoms with van der Waals surface area (Å²) in [5.74, 6) is -0.954. The fraction of sp³-hybridized carbons (Fsp3) is 0.588. The highest BCUT2D eigenvalue weighted by Crippen LogP contribution is 2.28. The minimum Gasteiger partial charge on any atom is -0.480 e. The van der Waals surface area contributed by atoms with Crippen LogP contribution >= 0.6 is 0 Å². The maximum Gasteiger partial charge on any atom is 0.317 e. The van der Waals surface area contributed by atoms with E-state index in [0.717, 1.165) is 18.4 Å². The summed E-state index contributed by atoms with van der Waals surface area (Å²) in [4.78, 5) is 29.5. The molecule has 2 fully saturated rings. The lowest BCUT2D eigenvalue weighted by Gasteiger charge is -2.42. The SMILES string of the molecule is CCN(CC(=O)O)C1CC(NC(=O)C2CNNC2c2ccncc2)C1. The van der Waals surface area contributed by atoms with Crippen LogP contribution in [0.4, 0.5) is 0 Å². The molecule has 1 aliphatic carbocycles. The summed E-state index contributed by atoms with van der Waals surface area (Å²) >= 11 is 0. The third-order valence-electron chi connectivity index (χ3n) is 5.10. The fourth-order valence-corrected chi connectivity index (χ4v) is 3.61. The molecule has 0 bridgehead atoms. The van der Waals surface area contributed by atoms with Crippen molar-refractivity contribution in [1.29, 1.82) is 0 Å². The van der Waals surface area contributed by atoms with Crippen LogP contribution in [0.5, 0.6) is 0 Å². The molecule has 4 N–H and O–H groups in total. The molecule has 0 spiro atoms. The molecule has 2 atom stereocenters. The molecule has 3 rings (SSSR count). The molecule has 1 saturated carbocycles. The Morgan fingerprint density at radius 3 is 2.72 bits per heavy atom. The van der Waals surface area contributed by atoms with Crippen molar-refractivity contribution in [3.63, 3.8) is 0 Å². The molecule has 0 aromatic carbocycles. The van der Waals surface area contributed by atoms with Gasteiger partial charge in [0.25, 0.3) is 0 Å². The Labute approximate surface area is 147 Å². The Morgan fingerprint density at radius 2 is 2.08 bits per heavy atom. The normalized spacial score (nSPS) is 28.6. The van der Waals surface area contributed by atoms with Crippen molar-refractivity contribution in [3.8, 4) is 0 Å². The standard InChI is InChI=1S/C17H25N5O3/c1-2-22(10-15(23)24)13-7-12(8-13)20-17(25)14-9-19-21-16(14)11-3-5-18-6-4-11/h3-6,12-14,16,19,21H,2,7-10H2,1H3,(H,20,25)(H,23,24). The summed E-state index contributed by atoms with van der Waals surface area (Å²) in [5, 5.41) is 12.1. The van der Waals surface area contributed by atoms with E-state index in [1.807, 2.05) is 24.0 Å². The van der Waals surface area contributed by atoms with Gasteiger partial charge >= 0.3 is 5.97 Å². The average molecular weight is 347 g/mol. The Bertz CT molecular complexity index is 606. The lowest BCUT2D eigenvalue weighted by molar-refractivity contribution is -0.140. The first-order chi connectivity index (χ1) is 12.1. The zero-order valence-corrected chi connectivity index (χ0v) is 14.3. The number of carbonyl (C=O) groups is 2. The number of hydrazine groups is 1.